The topological polar surface area (TPSA) is 30.2 Å². The van der Waals surface area contributed by atoms with E-state index in [-0.39, 0.29) is 5.56 Å². The van der Waals surface area contributed by atoms with Gasteiger partial charge in [0.1, 0.15) is 17.3 Å². The van der Waals surface area contributed by atoms with Crippen LogP contribution < -0.4 is 0 Å². The molecule has 3 heteroatoms. The summed E-state index contributed by atoms with van der Waals surface area (Å²) in [5.74, 6) is 0.949. The van der Waals surface area contributed by atoms with Gasteiger partial charge in [-0.15, -0.1) is 0 Å². The van der Waals surface area contributed by atoms with Gasteiger partial charge in [0.15, 0.2) is 6.29 Å². The van der Waals surface area contributed by atoms with Crippen molar-refractivity contribution in [3.8, 4) is 11.1 Å². The van der Waals surface area contributed by atoms with Crippen LogP contribution in [-0.2, 0) is 0 Å². The van der Waals surface area contributed by atoms with Gasteiger partial charge in [-0.05, 0) is 32.4 Å². The van der Waals surface area contributed by atoms with Gasteiger partial charge in [0.25, 0.3) is 0 Å². The van der Waals surface area contributed by atoms with Crippen molar-refractivity contribution in [3.63, 3.8) is 0 Å². The molecule has 0 saturated heterocycles. The first kappa shape index (κ1) is 11.6. The standard InChI is InChI=1S/C14H13FO2/c1-8-9(2)17-10(3)13(8)12-6-4-5-11(7-16)14(12)15/h4-7H,1-3H3. The molecule has 0 aliphatic carbocycles. The second-order valence-electron chi connectivity index (χ2n) is 4.04. The Kier molecular flexibility index (Phi) is 2.84. The van der Waals surface area contributed by atoms with Crippen LogP contribution in [0.3, 0.4) is 0 Å². The first-order valence-corrected chi connectivity index (χ1v) is 5.37. The molecule has 0 saturated carbocycles. The lowest BCUT2D eigenvalue weighted by molar-refractivity contribution is 0.112. The molecule has 0 radical (unpaired) electrons. The molecule has 2 nitrogen and oxygen atoms in total. The van der Waals surface area contributed by atoms with Crippen LogP contribution in [0.15, 0.2) is 22.6 Å². The van der Waals surface area contributed by atoms with Crippen LogP contribution in [0.1, 0.15) is 27.4 Å². The summed E-state index contributed by atoms with van der Waals surface area (Å²) in [6, 6.07) is 4.79. The van der Waals surface area contributed by atoms with Gasteiger partial charge in [-0.25, -0.2) is 4.39 Å². The molecule has 88 valence electrons. The highest BCUT2D eigenvalue weighted by Crippen LogP contribution is 2.33. The van der Waals surface area contributed by atoms with Gasteiger partial charge in [-0.1, -0.05) is 12.1 Å². The number of furan rings is 1. The van der Waals surface area contributed by atoms with Crippen LogP contribution in [0.4, 0.5) is 4.39 Å². The molecule has 1 heterocycles. The second kappa shape index (κ2) is 4.17. The summed E-state index contributed by atoms with van der Waals surface area (Å²) in [5, 5.41) is 0. The summed E-state index contributed by atoms with van der Waals surface area (Å²) in [5.41, 5.74) is 2.13. The Morgan fingerprint density at radius 2 is 1.88 bits per heavy atom. The van der Waals surface area contributed by atoms with E-state index in [0.29, 0.717) is 17.6 Å². The van der Waals surface area contributed by atoms with Gasteiger partial charge in [-0.3, -0.25) is 4.79 Å². The Labute approximate surface area is 99.1 Å². The van der Waals surface area contributed by atoms with Gasteiger partial charge in [-0.2, -0.15) is 0 Å². The Hall–Kier alpha value is -1.90. The molecule has 0 aliphatic rings. The van der Waals surface area contributed by atoms with Crippen molar-refractivity contribution in [2.75, 3.05) is 0 Å². The lowest BCUT2D eigenvalue weighted by Crippen LogP contribution is -1.93. The number of rotatable bonds is 2. The molecule has 0 unspecified atom stereocenters. The van der Waals surface area contributed by atoms with Gasteiger partial charge in [0.05, 0.1) is 5.56 Å². The number of hydrogen-bond acceptors (Lipinski definition) is 2. The highest BCUT2D eigenvalue weighted by atomic mass is 19.1. The van der Waals surface area contributed by atoms with E-state index in [2.05, 4.69) is 0 Å². The fourth-order valence-corrected chi connectivity index (χ4v) is 2.02. The average Bonchev–Trinajstić information content (AvgIpc) is 2.54. The number of aldehydes is 1. The Bertz CT molecular complexity index is 582. The molecule has 1 aromatic heterocycles. The highest BCUT2D eigenvalue weighted by molar-refractivity contribution is 5.81. The maximum Gasteiger partial charge on any atom is 0.153 e. The summed E-state index contributed by atoms with van der Waals surface area (Å²) < 4.78 is 19.5. The molecule has 1 aromatic carbocycles. The quantitative estimate of drug-likeness (QED) is 0.737. The average molecular weight is 232 g/mol. The van der Waals surface area contributed by atoms with Crippen LogP contribution in [0, 0.1) is 26.6 Å². The van der Waals surface area contributed by atoms with Crippen molar-refractivity contribution in [1.29, 1.82) is 0 Å². The van der Waals surface area contributed by atoms with E-state index in [1.165, 1.54) is 6.07 Å². The maximum absolute atomic E-state index is 14.1. The summed E-state index contributed by atoms with van der Waals surface area (Å²) in [4.78, 5) is 10.7. The zero-order valence-electron chi connectivity index (χ0n) is 10.0. The first-order chi connectivity index (χ1) is 8.06. The van der Waals surface area contributed by atoms with Crippen LogP contribution in [0.25, 0.3) is 11.1 Å². The van der Waals surface area contributed by atoms with E-state index in [4.69, 9.17) is 4.42 Å². The molecular formula is C14H13FO2. The highest BCUT2D eigenvalue weighted by Gasteiger charge is 2.17. The van der Waals surface area contributed by atoms with E-state index in [1.54, 1.807) is 19.1 Å². The van der Waals surface area contributed by atoms with Crippen molar-refractivity contribution in [3.05, 3.63) is 46.7 Å². The smallest absolute Gasteiger partial charge is 0.153 e. The van der Waals surface area contributed by atoms with Crippen LogP contribution in [0.2, 0.25) is 0 Å². The van der Waals surface area contributed by atoms with Crippen LogP contribution >= 0.6 is 0 Å². The molecule has 0 aliphatic heterocycles. The fraction of sp³-hybridized carbons (Fsp3) is 0.214. The predicted molar refractivity (Wildman–Crippen MR) is 63.7 cm³/mol. The number of benzene rings is 1. The Balaban J connectivity index is 2.73. The zero-order chi connectivity index (χ0) is 12.6. The number of hydrogen-bond donors (Lipinski definition) is 0. The van der Waals surface area contributed by atoms with Crippen molar-refractivity contribution < 1.29 is 13.6 Å². The van der Waals surface area contributed by atoms with Gasteiger partial charge >= 0.3 is 0 Å². The lowest BCUT2D eigenvalue weighted by Gasteiger charge is -2.05. The number of carbonyl (C=O) groups is 1. The third kappa shape index (κ3) is 1.78. The van der Waals surface area contributed by atoms with Crippen molar-refractivity contribution in [2.24, 2.45) is 0 Å². The third-order valence-corrected chi connectivity index (χ3v) is 2.99. The summed E-state index contributed by atoms with van der Waals surface area (Å²) in [7, 11) is 0. The molecule has 0 spiro atoms. The van der Waals surface area contributed by atoms with Crippen molar-refractivity contribution in [2.45, 2.75) is 20.8 Å². The maximum atomic E-state index is 14.1. The SMILES string of the molecule is Cc1oc(C)c(-c2cccc(C=O)c2F)c1C. The zero-order valence-corrected chi connectivity index (χ0v) is 10.0. The van der Waals surface area contributed by atoms with Crippen molar-refractivity contribution in [1.82, 2.24) is 0 Å². The summed E-state index contributed by atoms with van der Waals surface area (Å²) in [6.45, 7) is 5.52. The second-order valence-corrected chi connectivity index (χ2v) is 4.04. The van der Waals surface area contributed by atoms with Crippen LogP contribution in [-0.4, -0.2) is 6.29 Å². The van der Waals surface area contributed by atoms with Gasteiger partial charge in [0, 0.05) is 11.1 Å². The van der Waals surface area contributed by atoms with Crippen LogP contribution in [0.5, 0.6) is 0 Å². The van der Waals surface area contributed by atoms with Crippen molar-refractivity contribution >= 4 is 6.29 Å². The van der Waals surface area contributed by atoms with Gasteiger partial charge in [0.2, 0.25) is 0 Å². The minimum Gasteiger partial charge on any atom is -0.466 e. The largest absolute Gasteiger partial charge is 0.466 e. The normalized spacial score (nSPS) is 10.6. The van der Waals surface area contributed by atoms with E-state index < -0.39 is 5.82 Å². The summed E-state index contributed by atoms with van der Waals surface area (Å²) in [6.07, 6.45) is 0.524. The monoisotopic (exact) mass is 232 g/mol. The molecule has 2 rings (SSSR count). The lowest BCUT2D eigenvalue weighted by atomic mass is 9.99. The van der Waals surface area contributed by atoms with Gasteiger partial charge < -0.3 is 4.42 Å². The number of carbonyl (C=O) groups excluding carboxylic acids is 1. The number of aryl methyl sites for hydroxylation is 2. The predicted octanol–water partition coefficient (Wildman–Crippen LogP) is 3.82. The molecule has 0 N–H and O–H groups in total. The molecule has 0 bridgehead atoms. The number of halogens is 1. The minimum absolute atomic E-state index is 0.0696. The fourth-order valence-electron chi connectivity index (χ4n) is 2.02. The molecular weight excluding hydrogens is 219 g/mol. The van der Waals surface area contributed by atoms with E-state index >= 15 is 0 Å². The van der Waals surface area contributed by atoms with E-state index in [1.807, 2.05) is 13.8 Å². The molecule has 0 amide bonds. The molecule has 0 fully saturated rings. The molecule has 0 atom stereocenters. The first-order valence-electron chi connectivity index (χ1n) is 5.37. The third-order valence-electron chi connectivity index (χ3n) is 2.99. The van der Waals surface area contributed by atoms with E-state index in [0.717, 1.165) is 16.9 Å². The summed E-state index contributed by atoms with van der Waals surface area (Å²) >= 11 is 0. The minimum atomic E-state index is -0.491. The molecule has 17 heavy (non-hydrogen) atoms. The molecule has 2 aromatic rings. The Morgan fingerprint density at radius 1 is 1.18 bits per heavy atom. The van der Waals surface area contributed by atoms with E-state index in [9.17, 15) is 9.18 Å². The Morgan fingerprint density at radius 3 is 2.41 bits per heavy atom.